The van der Waals surface area contributed by atoms with Crippen LogP contribution in [0.25, 0.3) is 0 Å². The van der Waals surface area contributed by atoms with Crippen LogP contribution in [-0.4, -0.2) is 40.9 Å². The van der Waals surface area contributed by atoms with Crippen molar-refractivity contribution in [1.29, 1.82) is 0 Å². The van der Waals surface area contributed by atoms with Crippen molar-refractivity contribution in [2.24, 2.45) is 0 Å². The Hall–Kier alpha value is -1.29. The monoisotopic (exact) mass is 311 g/mol. The zero-order valence-electron chi connectivity index (χ0n) is 15.5. The molecule has 0 unspecified atom stereocenters. The van der Waals surface area contributed by atoms with E-state index in [9.17, 15) is 9.90 Å². The van der Waals surface area contributed by atoms with Gasteiger partial charge in [0, 0.05) is 13.6 Å². The lowest BCUT2D eigenvalue weighted by molar-refractivity contribution is 0.0280. The van der Waals surface area contributed by atoms with Crippen LogP contribution in [0.4, 0.5) is 4.79 Å². The fraction of sp³-hybridized carbons (Fsp3) is 0.722. The van der Waals surface area contributed by atoms with Gasteiger partial charge < -0.3 is 14.7 Å². The molecule has 128 valence electrons. The van der Waals surface area contributed by atoms with E-state index in [1.54, 1.807) is 11.9 Å². The molecule has 1 amide bonds. The Morgan fingerprint density at radius 3 is 1.95 bits per heavy atom. The number of allylic oxidation sites excluding steroid dienone is 2. The Kier molecular flexibility index (Phi) is 7.88. The van der Waals surface area contributed by atoms with Gasteiger partial charge in [0.15, 0.2) is 0 Å². The first-order valence-corrected chi connectivity index (χ1v) is 7.91. The molecular weight excluding hydrogens is 278 g/mol. The van der Waals surface area contributed by atoms with Crippen LogP contribution in [0, 0.1) is 0 Å². The van der Waals surface area contributed by atoms with Crippen LogP contribution in [-0.2, 0) is 4.74 Å². The van der Waals surface area contributed by atoms with Gasteiger partial charge in [0.05, 0.1) is 0 Å². The molecule has 0 aliphatic rings. The van der Waals surface area contributed by atoms with E-state index < -0.39 is 11.2 Å². The predicted molar refractivity (Wildman–Crippen MR) is 91.9 cm³/mol. The van der Waals surface area contributed by atoms with Crippen LogP contribution >= 0.6 is 0 Å². The molecule has 0 saturated carbocycles. The number of amides is 1. The third-order valence-electron chi connectivity index (χ3n) is 3.91. The Balaban J connectivity index is 4.68. The summed E-state index contributed by atoms with van der Waals surface area (Å²) in [7, 11) is 1.72. The summed E-state index contributed by atoms with van der Waals surface area (Å²) in [6.07, 6.45) is 4.81. The van der Waals surface area contributed by atoms with Gasteiger partial charge in [-0.3, -0.25) is 0 Å². The fourth-order valence-electron chi connectivity index (χ4n) is 2.19. The molecule has 4 nitrogen and oxygen atoms in total. The Bertz CT molecular complexity index is 412. The summed E-state index contributed by atoms with van der Waals surface area (Å²) in [4.78, 5) is 13.5. The van der Waals surface area contributed by atoms with Gasteiger partial charge >= 0.3 is 6.09 Å². The van der Waals surface area contributed by atoms with Gasteiger partial charge in [-0.2, -0.15) is 0 Å². The SMILES string of the molecule is C/C=C(\C)C(O)(CCCN(C)C(=O)OC(C)(C)C)/C(C)=C/C. The van der Waals surface area contributed by atoms with E-state index in [1.165, 1.54) is 0 Å². The topological polar surface area (TPSA) is 49.8 Å². The number of hydrogen-bond donors (Lipinski definition) is 1. The molecule has 0 radical (unpaired) electrons. The number of aliphatic hydroxyl groups is 1. The lowest BCUT2D eigenvalue weighted by Gasteiger charge is -2.31. The van der Waals surface area contributed by atoms with Crippen LogP contribution in [0.15, 0.2) is 23.3 Å². The van der Waals surface area contributed by atoms with Gasteiger partial charge in [0.2, 0.25) is 0 Å². The molecule has 0 spiro atoms. The second-order valence-corrected chi connectivity index (χ2v) is 6.81. The van der Waals surface area contributed by atoms with Crippen molar-refractivity contribution in [3.05, 3.63) is 23.3 Å². The maximum atomic E-state index is 11.9. The minimum Gasteiger partial charge on any atom is -0.444 e. The summed E-state index contributed by atoms with van der Waals surface area (Å²) in [5.41, 5.74) is 0.444. The lowest BCUT2D eigenvalue weighted by Crippen LogP contribution is -2.36. The molecule has 0 bridgehead atoms. The molecule has 0 rings (SSSR count). The van der Waals surface area contributed by atoms with Crippen LogP contribution in [0.2, 0.25) is 0 Å². The normalized spacial score (nSPS) is 16.2. The Morgan fingerprint density at radius 2 is 1.59 bits per heavy atom. The second-order valence-electron chi connectivity index (χ2n) is 6.81. The Labute approximate surface area is 135 Å². The van der Waals surface area contributed by atoms with Crippen molar-refractivity contribution < 1.29 is 14.6 Å². The van der Waals surface area contributed by atoms with Crippen molar-refractivity contribution in [3.63, 3.8) is 0 Å². The van der Waals surface area contributed by atoms with Crippen molar-refractivity contribution >= 4 is 6.09 Å². The first kappa shape index (κ1) is 20.7. The summed E-state index contributed by atoms with van der Waals surface area (Å²) in [6, 6.07) is 0. The number of hydrogen-bond acceptors (Lipinski definition) is 3. The van der Waals surface area contributed by atoms with E-state index in [2.05, 4.69) is 0 Å². The molecule has 4 heteroatoms. The van der Waals surface area contributed by atoms with Gasteiger partial charge in [-0.05, 0) is 72.5 Å². The summed E-state index contributed by atoms with van der Waals surface area (Å²) in [5, 5.41) is 10.9. The van der Waals surface area contributed by atoms with Crippen molar-refractivity contribution in [2.75, 3.05) is 13.6 Å². The minimum atomic E-state index is -0.932. The average Bonchev–Trinajstić information content (AvgIpc) is 2.42. The minimum absolute atomic E-state index is 0.332. The van der Waals surface area contributed by atoms with E-state index in [0.717, 1.165) is 11.1 Å². The highest BCUT2D eigenvalue weighted by atomic mass is 16.6. The molecule has 0 atom stereocenters. The summed E-state index contributed by atoms with van der Waals surface area (Å²) >= 11 is 0. The number of ether oxygens (including phenoxy) is 1. The zero-order valence-corrected chi connectivity index (χ0v) is 15.5. The van der Waals surface area contributed by atoms with E-state index in [0.29, 0.717) is 19.4 Å². The maximum absolute atomic E-state index is 11.9. The number of nitrogens with zero attached hydrogens (tertiary/aromatic N) is 1. The second kappa shape index (κ2) is 8.37. The quantitative estimate of drug-likeness (QED) is 0.744. The molecule has 0 heterocycles. The molecule has 0 aromatic heterocycles. The van der Waals surface area contributed by atoms with E-state index >= 15 is 0 Å². The molecule has 1 N–H and O–H groups in total. The smallest absolute Gasteiger partial charge is 0.410 e. The van der Waals surface area contributed by atoms with Crippen LogP contribution in [0.5, 0.6) is 0 Å². The van der Waals surface area contributed by atoms with Crippen LogP contribution in [0.3, 0.4) is 0 Å². The molecule has 22 heavy (non-hydrogen) atoms. The van der Waals surface area contributed by atoms with Crippen LogP contribution in [0.1, 0.15) is 61.3 Å². The highest BCUT2D eigenvalue weighted by molar-refractivity contribution is 5.67. The first-order chi connectivity index (χ1) is 9.97. The third kappa shape index (κ3) is 6.22. The van der Waals surface area contributed by atoms with Crippen molar-refractivity contribution in [1.82, 2.24) is 4.90 Å². The molecule has 0 fully saturated rings. The lowest BCUT2D eigenvalue weighted by atomic mass is 9.83. The fourth-order valence-corrected chi connectivity index (χ4v) is 2.19. The summed E-state index contributed by atoms with van der Waals surface area (Å²) in [5.74, 6) is 0. The molecular formula is C18H33NO3. The molecule has 0 aromatic rings. The predicted octanol–water partition coefficient (Wildman–Crippen LogP) is 4.30. The maximum Gasteiger partial charge on any atom is 0.410 e. The van der Waals surface area contributed by atoms with E-state index in [-0.39, 0.29) is 6.09 Å². The number of carbonyl (C=O) groups excluding carboxylic acids is 1. The summed E-state index contributed by atoms with van der Waals surface area (Å²) in [6.45, 7) is 13.8. The standard InChI is InChI=1S/C18H33NO3/c1-9-14(3)18(21,15(4)10-2)12-11-13-19(8)16(20)22-17(5,6)7/h9-10,21H,11-13H2,1-8H3/b14-9+,15-10+. The van der Waals surface area contributed by atoms with Gasteiger partial charge in [-0.1, -0.05) is 12.2 Å². The van der Waals surface area contributed by atoms with Crippen molar-refractivity contribution in [2.45, 2.75) is 72.5 Å². The highest BCUT2D eigenvalue weighted by Gasteiger charge is 2.30. The highest BCUT2D eigenvalue weighted by Crippen LogP contribution is 2.30. The number of carbonyl (C=O) groups is 1. The van der Waals surface area contributed by atoms with Crippen molar-refractivity contribution in [3.8, 4) is 0 Å². The van der Waals surface area contributed by atoms with E-state index in [4.69, 9.17) is 4.74 Å². The van der Waals surface area contributed by atoms with Gasteiger partial charge in [0.1, 0.15) is 11.2 Å². The van der Waals surface area contributed by atoms with Gasteiger partial charge in [-0.15, -0.1) is 0 Å². The zero-order chi connectivity index (χ0) is 17.6. The first-order valence-electron chi connectivity index (χ1n) is 7.91. The molecule has 0 saturated heterocycles. The molecule has 0 aliphatic heterocycles. The average molecular weight is 311 g/mol. The summed E-state index contributed by atoms with van der Waals surface area (Å²) < 4.78 is 5.32. The van der Waals surface area contributed by atoms with Crippen LogP contribution < -0.4 is 0 Å². The van der Waals surface area contributed by atoms with Gasteiger partial charge in [0.25, 0.3) is 0 Å². The number of rotatable bonds is 6. The third-order valence-corrected chi connectivity index (χ3v) is 3.91. The van der Waals surface area contributed by atoms with E-state index in [1.807, 2.05) is 60.6 Å². The molecule has 0 aromatic carbocycles. The molecule has 0 aliphatic carbocycles. The largest absolute Gasteiger partial charge is 0.444 e. The Morgan fingerprint density at radius 1 is 1.14 bits per heavy atom. The van der Waals surface area contributed by atoms with Gasteiger partial charge in [-0.25, -0.2) is 4.79 Å².